The standard InChI is InChI=1S/C11H9FN2O3/c1-2-17-11(16)9-10(15)14-7-4-3-6(12)5-8(7)13-9/h3-5H,2H2,1H3,(H,14,15). The molecular formula is C11H9FN2O3. The number of rotatable bonds is 2. The molecule has 88 valence electrons. The van der Waals surface area contributed by atoms with Crippen LogP contribution in [0, 0.1) is 5.82 Å². The first-order valence-corrected chi connectivity index (χ1v) is 4.95. The fourth-order valence-electron chi connectivity index (χ4n) is 1.35. The maximum Gasteiger partial charge on any atom is 0.362 e. The molecule has 0 amide bonds. The molecule has 2 rings (SSSR count). The van der Waals surface area contributed by atoms with Gasteiger partial charge in [-0.25, -0.2) is 19.2 Å². The molecule has 2 aromatic rings. The number of hydrogen-bond donors (Lipinski definition) is 1. The van der Waals surface area contributed by atoms with Gasteiger partial charge < -0.3 is 9.84 Å². The van der Waals surface area contributed by atoms with Crippen LogP contribution in [0.1, 0.15) is 17.4 Å². The molecule has 1 aromatic carbocycles. The lowest BCUT2D eigenvalue weighted by atomic mass is 10.3. The first-order valence-electron chi connectivity index (χ1n) is 4.95. The van der Waals surface area contributed by atoms with E-state index in [1.807, 2.05) is 0 Å². The second-order valence-corrected chi connectivity index (χ2v) is 3.25. The Bertz CT molecular complexity index is 586. The number of carbonyl (C=O) groups is 1. The van der Waals surface area contributed by atoms with Crippen molar-refractivity contribution >= 4 is 17.0 Å². The Balaban J connectivity index is 2.57. The first kappa shape index (κ1) is 11.3. The van der Waals surface area contributed by atoms with Crippen molar-refractivity contribution in [3.63, 3.8) is 0 Å². The molecule has 1 aromatic heterocycles. The molecule has 0 bridgehead atoms. The predicted molar refractivity (Wildman–Crippen MR) is 57.1 cm³/mol. The number of esters is 1. The summed E-state index contributed by atoms with van der Waals surface area (Å²) in [7, 11) is 0. The minimum absolute atomic E-state index is 0.154. The highest BCUT2D eigenvalue weighted by Gasteiger charge is 2.17. The normalized spacial score (nSPS) is 10.5. The first-order chi connectivity index (χ1) is 8.11. The molecule has 17 heavy (non-hydrogen) atoms. The number of ether oxygens (including phenoxy) is 1. The van der Waals surface area contributed by atoms with Gasteiger partial charge in [-0.2, -0.15) is 0 Å². The Kier molecular flexibility index (Phi) is 2.86. The molecule has 0 aliphatic carbocycles. The van der Waals surface area contributed by atoms with E-state index in [1.54, 1.807) is 6.92 Å². The molecule has 0 radical (unpaired) electrons. The van der Waals surface area contributed by atoms with Crippen LogP contribution in [0.4, 0.5) is 4.39 Å². The molecule has 1 N–H and O–H groups in total. The van der Waals surface area contributed by atoms with Crippen molar-refractivity contribution in [1.29, 1.82) is 0 Å². The number of nitrogens with zero attached hydrogens (tertiary/aromatic N) is 2. The Hall–Kier alpha value is -2.24. The molecule has 6 heteroatoms. The molecule has 0 saturated carbocycles. The van der Waals surface area contributed by atoms with Gasteiger partial charge in [0, 0.05) is 6.07 Å². The van der Waals surface area contributed by atoms with Crippen LogP contribution in [-0.4, -0.2) is 27.7 Å². The molecule has 1 heterocycles. The summed E-state index contributed by atoms with van der Waals surface area (Å²) in [6.07, 6.45) is 0. The fourth-order valence-corrected chi connectivity index (χ4v) is 1.35. The van der Waals surface area contributed by atoms with Crippen LogP contribution in [0.25, 0.3) is 11.0 Å². The van der Waals surface area contributed by atoms with Crippen molar-refractivity contribution in [3.05, 3.63) is 29.7 Å². The van der Waals surface area contributed by atoms with Crippen LogP contribution in [0.2, 0.25) is 0 Å². The monoisotopic (exact) mass is 236 g/mol. The lowest BCUT2D eigenvalue weighted by Gasteiger charge is -2.04. The van der Waals surface area contributed by atoms with Gasteiger partial charge in [0.05, 0.1) is 17.6 Å². The second kappa shape index (κ2) is 4.32. The Morgan fingerprint density at radius 1 is 1.41 bits per heavy atom. The molecule has 0 fully saturated rings. The van der Waals surface area contributed by atoms with E-state index in [4.69, 9.17) is 4.74 Å². The van der Waals surface area contributed by atoms with E-state index in [0.29, 0.717) is 5.52 Å². The van der Waals surface area contributed by atoms with Crippen molar-refractivity contribution in [2.45, 2.75) is 6.92 Å². The van der Waals surface area contributed by atoms with Gasteiger partial charge in [0.15, 0.2) is 0 Å². The van der Waals surface area contributed by atoms with Gasteiger partial charge in [-0.15, -0.1) is 0 Å². The summed E-state index contributed by atoms with van der Waals surface area (Å²) in [5.74, 6) is -1.81. The molecule has 5 nitrogen and oxygen atoms in total. The minimum atomic E-state index is -0.788. The maximum atomic E-state index is 13.0. The fraction of sp³-hybridized carbons (Fsp3) is 0.182. The van der Waals surface area contributed by atoms with Crippen LogP contribution >= 0.6 is 0 Å². The molecular weight excluding hydrogens is 227 g/mol. The summed E-state index contributed by atoms with van der Waals surface area (Å²) in [5, 5.41) is 9.51. The summed E-state index contributed by atoms with van der Waals surface area (Å²) in [4.78, 5) is 19.0. The van der Waals surface area contributed by atoms with Crippen molar-refractivity contribution < 1.29 is 19.0 Å². The predicted octanol–water partition coefficient (Wildman–Crippen LogP) is 1.65. The molecule has 0 spiro atoms. The second-order valence-electron chi connectivity index (χ2n) is 3.25. The van der Waals surface area contributed by atoms with E-state index < -0.39 is 17.7 Å². The number of carbonyl (C=O) groups excluding carboxylic acids is 1. The van der Waals surface area contributed by atoms with E-state index in [-0.39, 0.29) is 17.8 Å². The molecule has 0 atom stereocenters. The average molecular weight is 236 g/mol. The molecule has 0 unspecified atom stereocenters. The van der Waals surface area contributed by atoms with E-state index in [0.717, 1.165) is 6.07 Å². The van der Waals surface area contributed by atoms with Gasteiger partial charge in [0.1, 0.15) is 5.82 Å². The smallest absolute Gasteiger partial charge is 0.362 e. The number of halogens is 1. The van der Waals surface area contributed by atoms with E-state index in [9.17, 15) is 14.3 Å². The van der Waals surface area contributed by atoms with Crippen molar-refractivity contribution in [1.82, 2.24) is 9.97 Å². The summed E-state index contributed by atoms with van der Waals surface area (Å²) in [6, 6.07) is 3.69. The summed E-state index contributed by atoms with van der Waals surface area (Å²) in [5.41, 5.74) is 0.174. The van der Waals surface area contributed by atoms with Gasteiger partial charge in [-0.3, -0.25) is 0 Å². The lowest BCUT2D eigenvalue weighted by Crippen LogP contribution is -2.08. The van der Waals surface area contributed by atoms with Crippen LogP contribution in [0.15, 0.2) is 18.2 Å². The van der Waals surface area contributed by atoms with Gasteiger partial charge in [0.2, 0.25) is 11.6 Å². The van der Waals surface area contributed by atoms with Crippen molar-refractivity contribution in [3.8, 4) is 5.88 Å². The van der Waals surface area contributed by atoms with Crippen LogP contribution in [-0.2, 0) is 4.74 Å². The largest absolute Gasteiger partial charge is 0.492 e. The summed E-state index contributed by atoms with van der Waals surface area (Å²) >= 11 is 0. The summed E-state index contributed by atoms with van der Waals surface area (Å²) in [6.45, 7) is 1.78. The van der Waals surface area contributed by atoms with E-state index in [1.165, 1.54) is 12.1 Å². The number of aromatic nitrogens is 2. The quantitative estimate of drug-likeness (QED) is 0.802. The topological polar surface area (TPSA) is 72.3 Å². The Labute approximate surface area is 95.9 Å². The van der Waals surface area contributed by atoms with Crippen LogP contribution < -0.4 is 0 Å². The number of benzene rings is 1. The highest BCUT2D eigenvalue weighted by molar-refractivity contribution is 5.92. The third-order valence-electron chi connectivity index (χ3n) is 2.08. The Morgan fingerprint density at radius 2 is 2.18 bits per heavy atom. The van der Waals surface area contributed by atoms with Gasteiger partial charge in [0.25, 0.3) is 0 Å². The van der Waals surface area contributed by atoms with Gasteiger partial charge in [-0.1, -0.05) is 0 Å². The highest BCUT2D eigenvalue weighted by atomic mass is 19.1. The van der Waals surface area contributed by atoms with E-state index >= 15 is 0 Å². The van der Waals surface area contributed by atoms with Crippen LogP contribution in [0.5, 0.6) is 5.88 Å². The SMILES string of the molecule is CCOC(=O)c1nc2cc(F)ccc2nc1O. The number of fused-ring (bicyclic) bond motifs is 1. The van der Waals surface area contributed by atoms with Gasteiger partial charge >= 0.3 is 5.97 Å². The Morgan fingerprint density at radius 3 is 2.88 bits per heavy atom. The highest BCUT2D eigenvalue weighted by Crippen LogP contribution is 2.19. The maximum absolute atomic E-state index is 13.0. The molecule has 0 saturated heterocycles. The average Bonchev–Trinajstić information content (AvgIpc) is 2.29. The number of aromatic hydroxyl groups is 1. The molecule has 0 aliphatic heterocycles. The third-order valence-corrected chi connectivity index (χ3v) is 2.08. The zero-order valence-corrected chi connectivity index (χ0v) is 8.98. The zero-order chi connectivity index (χ0) is 12.4. The minimum Gasteiger partial charge on any atom is -0.492 e. The van der Waals surface area contributed by atoms with E-state index in [2.05, 4.69) is 9.97 Å². The molecule has 0 aliphatic rings. The lowest BCUT2D eigenvalue weighted by molar-refractivity contribution is 0.0515. The van der Waals surface area contributed by atoms with Crippen molar-refractivity contribution in [2.75, 3.05) is 6.61 Å². The zero-order valence-electron chi connectivity index (χ0n) is 8.98. The summed E-state index contributed by atoms with van der Waals surface area (Å²) < 4.78 is 17.7. The number of hydrogen-bond acceptors (Lipinski definition) is 5. The van der Waals surface area contributed by atoms with Crippen LogP contribution in [0.3, 0.4) is 0 Å². The third kappa shape index (κ3) is 2.15. The van der Waals surface area contributed by atoms with Gasteiger partial charge in [-0.05, 0) is 19.1 Å². The van der Waals surface area contributed by atoms with Crippen molar-refractivity contribution in [2.24, 2.45) is 0 Å².